The number of carbonyl (C=O) groups excluding carboxylic acids is 1. The van der Waals surface area contributed by atoms with Crippen molar-refractivity contribution in [3.63, 3.8) is 0 Å². The molecular formula is C20H33IN4O3. The number of furan rings is 1. The third-order valence-electron chi connectivity index (χ3n) is 5.04. The van der Waals surface area contributed by atoms with E-state index in [0.29, 0.717) is 13.0 Å². The molecule has 8 heteroatoms. The van der Waals surface area contributed by atoms with Crippen molar-refractivity contribution in [2.45, 2.75) is 51.0 Å². The van der Waals surface area contributed by atoms with Crippen molar-refractivity contribution < 1.29 is 13.9 Å². The molecule has 1 unspecified atom stereocenters. The summed E-state index contributed by atoms with van der Waals surface area (Å²) in [5, 5.41) is 6.77. The molecule has 0 bridgehead atoms. The Morgan fingerprint density at radius 2 is 2.14 bits per heavy atom. The summed E-state index contributed by atoms with van der Waals surface area (Å²) in [6, 6.07) is 3.89. The summed E-state index contributed by atoms with van der Waals surface area (Å²) < 4.78 is 11.2. The SMILES string of the molecule is I.O=C1CCCN1CCCNC(=NCC1CCCCO1)NCCc1ccco1. The summed E-state index contributed by atoms with van der Waals surface area (Å²) in [7, 11) is 0. The first-order valence-electron chi connectivity index (χ1n) is 10.3. The Morgan fingerprint density at radius 1 is 1.25 bits per heavy atom. The molecular weight excluding hydrogens is 471 g/mol. The van der Waals surface area contributed by atoms with Crippen LogP contribution >= 0.6 is 24.0 Å². The van der Waals surface area contributed by atoms with Crippen molar-refractivity contribution in [2.24, 2.45) is 4.99 Å². The van der Waals surface area contributed by atoms with Crippen molar-refractivity contribution in [3.05, 3.63) is 24.2 Å². The van der Waals surface area contributed by atoms with Gasteiger partial charge in [0.2, 0.25) is 5.91 Å². The molecule has 0 spiro atoms. The first-order valence-corrected chi connectivity index (χ1v) is 10.3. The molecule has 0 radical (unpaired) electrons. The van der Waals surface area contributed by atoms with Gasteiger partial charge in [0.05, 0.1) is 18.9 Å². The van der Waals surface area contributed by atoms with E-state index < -0.39 is 0 Å². The summed E-state index contributed by atoms with van der Waals surface area (Å²) in [6.07, 6.45) is 8.82. The van der Waals surface area contributed by atoms with Gasteiger partial charge in [-0.05, 0) is 44.2 Å². The number of carbonyl (C=O) groups is 1. The average Bonchev–Trinajstić information content (AvgIpc) is 3.35. The number of rotatable bonds is 9. The Morgan fingerprint density at radius 3 is 2.86 bits per heavy atom. The lowest BCUT2D eigenvalue weighted by Gasteiger charge is -2.21. The molecule has 1 atom stereocenters. The van der Waals surface area contributed by atoms with E-state index >= 15 is 0 Å². The molecule has 0 aliphatic carbocycles. The fourth-order valence-electron chi connectivity index (χ4n) is 3.49. The molecule has 2 N–H and O–H groups in total. The third kappa shape index (κ3) is 7.98. The van der Waals surface area contributed by atoms with Gasteiger partial charge in [-0.15, -0.1) is 24.0 Å². The minimum absolute atomic E-state index is 0. The van der Waals surface area contributed by atoms with Crippen LogP contribution in [0.2, 0.25) is 0 Å². The average molecular weight is 504 g/mol. The van der Waals surface area contributed by atoms with Gasteiger partial charge < -0.3 is 24.7 Å². The molecule has 158 valence electrons. The quantitative estimate of drug-likeness (QED) is 0.234. The van der Waals surface area contributed by atoms with E-state index in [9.17, 15) is 4.79 Å². The van der Waals surface area contributed by atoms with Gasteiger partial charge in [-0.25, -0.2) is 0 Å². The van der Waals surface area contributed by atoms with Gasteiger partial charge in [0, 0.05) is 45.6 Å². The van der Waals surface area contributed by atoms with Gasteiger partial charge in [-0.2, -0.15) is 0 Å². The Hall–Kier alpha value is -1.29. The van der Waals surface area contributed by atoms with Crippen molar-refractivity contribution in [3.8, 4) is 0 Å². The zero-order valence-corrected chi connectivity index (χ0v) is 18.9. The molecule has 3 rings (SSSR count). The Labute approximate surface area is 184 Å². The van der Waals surface area contributed by atoms with Gasteiger partial charge in [0.1, 0.15) is 5.76 Å². The Kier molecular flexibility index (Phi) is 10.7. The van der Waals surface area contributed by atoms with Crippen molar-refractivity contribution in [1.82, 2.24) is 15.5 Å². The van der Waals surface area contributed by atoms with Crippen LogP contribution in [-0.4, -0.2) is 62.2 Å². The maximum absolute atomic E-state index is 11.7. The molecule has 2 fully saturated rings. The lowest BCUT2D eigenvalue weighted by Crippen LogP contribution is -2.40. The maximum Gasteiger partial charge on any atom is 0.222 e. The molecule has 2 saturated heterocycles. The number of ether oxygens (including phenoxy) is 1. The smallest absolute Gasteiger partial charge is 0.222 e. The molecule has 0 saturated carbocycles. The van der Waals surface area contributed by atoms with E-state index in [1.54, 1.807) is 6.26 Å². The summed E-state index contributed by atoms with van der Waals surface area (Å²) >= 11 is 0. The zero-order valence-electron chi connectivity index (χ0n) is 16.5. The number of hydrogen-bond acceptors (Lipinski definition) is 4. The number of hydrogen-bond donors (Lipinski definition) is 2. The molecule has 0 aromatic carbocycles. The minimum Gasteiger partial charge on any atom is -0.469 e. The number of halogens is 1. The monoisotopic (exact) mass is 504 g/mol. The van der Waals surface area contributed by atoms with E-state index in [2.05, 4.69) is 10.6 Å². The first kappa shape index (κ1) is 23.0. The Bertz CT molecular complexity index is 588. The van der Waals surface area contributed by atoms with Crippen LogP contribution in [0.5, 0.6) is 0 Å². The van der Waals surface area contributed by atoms with Crippen molar-refractivity contribution in [1.29, 1.82) is 0 Å². The molecule has 2 aliphatic heterocycles. The lowest BCUT2D eigenvalue weighted by molar-refractivity contribution is -0.127. The van der Waals surface area contributed by atoms with Crippen LogP contribution in [0.4, 0.5) is 0 Å². The van der Waals surface area contributed by atoms with E-state index in [-0.39, 0.29) is 36.0 Å². The van der Waals surface area contributed by atoms with Gasteiger partial charge in [-0.3, -0.25) is 9.79 Å². The fraction of sp³-hybridized carbons (Fsp3) is 0.700. The molecule has 1 amide bonds. The van der Waals surface area contributed by atoms with Gasteiger partial charge in [0.25, 0.3) is 0 Å². The second-order valence-electron chi connectivity index (χ2n) is 7.20. The zero-order chi connectivity index (χ0) is 18.7. The predicted octanol–water partition coefficient (Wildman–Crippen LogP) is 2.56. The lowest BCUT2D eigenvalue weighted by atomic mass is 10.1. The van der Waals surface area contributed by atoms with E-state index in [1.165, 1.54) is 6.42 Å². The Balaban J connectivity index is 0.00000280. The summed E-state index contributed by atoms with van der Waals surface area (Å²) in [4.78, 5) is 18.3. The van der Waals surface area contributed by atoms with Crippen LogP contribution < -0.4 is 10.6 Å². The molecule has 28 heavy (non-hydrogen) atoms. The molecule has 1 aromatic rings. The first-order chi connectivity index (χ1) is 13.3. The highest BCUT2D eigenvalue weighted by atomic mass is 127. The molecule has 1 aromatic heterocycles. The van der Waals surface area contributed by atoms with Crippen LogP contribution in [0.15, 0.2) is 27.8 Å². The van der Waals surface area contributed by atoms with E-state index in [1.807, 2.05) is 17.0 Å². The highest BCUT2D eigenvalue weighted by molar-refractivity contribution is 14.0. The third-order valence-corrected chi connectivity index (χ3v) is 5.04. The van der Waals surface area contributed by atoms with E-state index in [4.69, 9.17) is 14.1 Å². The van der Waals surface area contributed by atoms with Crippen LogP contribution in [0.1, 0.15) is 44.3 Å². The fourth-order valence-corrected chi connectivity index (χ4v) is 3.49. The van der Waals surface area contributed by atoms with Crippen LogP contribution in [-0.2, 0) is 16.0 Å². The van der Waals surface area contributed by atoms with Crippen molar-refractivity contribution in [2.75, 3.05) is 39.3 Å². The highest BCUT2D eigenvalue weighted by Crippen LogP contribution is 2.12. The van der Waals surface area contributed by atoms with Gasteiger partial charge >= 0.3 is 0 Å². The molecule has 2 aliphatic rings. The second-order valence-corrected chi connectivity index (χ2v) is 7.20. The summed E-state index contributed by atoms with van der Waals surface area (Å²) in [5.41, 5.74) is 0. The summed E-state index contributed by atoms with van der Waals surface area (Å²) in [6.45, 7) is 4.80. The van der Waals surface area contributed by atoms with Crippen molar-refractivity contribution >= 4 is 35.8 Å². The van der Waals surface area contributed by atoms with Crippen LogP contribution in [0.3, 0.4) is 0 Å². The standard InChI is InChI=1S/C20H32N4O3.HI/c25-19-8-3-12-24(19)13-5-10-21-20(22-11-9-17-7-4-15-26-17)23-16-18-6-1-2-14-27-18;/h4,7,15,18H,1-3,5-6,8-14,16H2,(H2,21,22,23);1H. The maximum atomic E-state index is 11.7. The normalized spacial score (nSPS) is 20.1. The predicted molar refractivity (Wildman–Crippen MR) is 120 cm³/mol. The summed E-state index contributed by atoms with van der Waals surface area (Å²) in [5.74, 6) is 2.06. The van der Waals surface area contributed by atoms with Crippen LogP contribution in [0, 0.1) is 0 Å². The highest BCUT2D eigenvalue weighted by Gasteiger charge is 2.19. The molecule has 7 nitrogen and oxygen atoms in total. The van der Waals surface area contributed by atoms with Gasteiger partial charge in [0.15, 0.2) is 5.96 Å². The number of nitrogens with one attached hydrogen (secondary N) is 2. The number of likely N-dealkylation sites (tertiary alicyclic amines) is 1. The number of nitrogens with zero attached hydrogens (tertiary/aromatic N) is 2. The number of aliphatic imine (C=N–C) groups is 1. The number of guanidine groups is 1. The van der Waals surface area contributed by atoms with Crippen LogP contribution in [0.25, 0.3) is 0 Å². The van der Waals surface area contributed by atoms with E-state index in [0.717, 1.165) is 76.6 Å². The minimum atomic E-state index is 0. The largest absolute Gasteiger partial charge is 0.469 e. The molecule has 3 heterocycles. The second kappa shape index (κ2) is 13.0. The van der Waals surface area contributed by atoms with Gasteiger partial charge in [-0.1, -0.05) is 0 Å². The topological polar surface area (TPSA) is 79.1 Å². The number of amides is 1.